The molecule has 4 nitrogen and oxygen atoms in total. The van der Waals surface area contributed by atoms with E-state index in [1.807, 2.05) is 41.1 Å². The molecule has 2 amide bonds. The molecular formula is C19H14FN3OS. The fraction of sp³-hybridized carbons (Fsp3) is 0.105. The van der Waals surface area contributed by atoms with Crippen molar-refractivity contribution in [1.29, 1.82) is 5.26 Å². The minimum atomic E-state index is -1.30. The zero-order valence-corrected chi connectivity index (χ0v) is 13.9. The van der Waals surface area contributed by atoms with Crippen molar-refractivity contribution < 1.29 is 9.18 Å². The van der Waals surface area contributed by atoms with Crippen LogP contribution in [0.3, 0.4) is 0 Å². The lowest BCUT2D eigenvalue weighted by atomic mass is 10.0. The molecule has 0 saturated carbocycles. The molecule has 0 aromatic heterocycles. The second-order valence-electron chi connectivity index (χ2n) is 5.79. The largest absolute Gasteiger partial charge is 0.323 e. The summed E-state index contributed by atoms with van der Waals surface area (Å²) in [6.07, 6.45) is 0.920. The molecule has 4 rings (SSSR count). The number of halogens is 1. The van der Waals surface area contributed by atoms with Crippen LogP contribution in [0.5, 0.6) is 0 Å². The van der Waals surface area contributed by atoms with Crippen molar-refractivity contribution in [3.05, 3.63) is 58.5 Å². The molecular weight excluding hydrogens is 337 g/mol. The molecule has 4 bridgehead atoms. The van der Waals surface area contributed by atoms with Gasteiger partial charge < -0.3 is 10.6 Å². The fourth-order valence-corrected chi connectivity index (χ4v) is 4.71. The van der Waals surface area contributed by atoms with Crippen LogP contribution < -0.4 is 10.6 Å². The zero-order chi connectivity index (χ0) is 17.4. The highest BCUT2D eigenvalue weighted by molar-refractivity contribution is 8.18. The Hall–Kier alpha value is -2.91. The third-order valence-electron chi connectivity index (χ3n) is 4.17. The van der Waals surface area contributed by atoms with Crippen LogP contribution in [0.25, 0.3) is 6.08 Å². The molecule has 25 heavy (non-hydrogen) atoms. The molecule has 0 fully saturated rings. The van der Waals surface area contributed by atoms with Crippen LogP contribution in [0.15, 0.2) is 46.7 Å². The maximum Gasteiger partial charge on any atom is 0.323 e. The minimum absolute atomic E-state index is 0.205. The van der Waals surface area contributed by atoms with Crippen LogP contribution in [0.1, 0.15) is 29.3 Å². The summed E-state index contributed by atoms with van der Waals surface area (Å²) in [5.74, 6) is 0. The Labute approximate surface area is 146 Å². The summed E-state index contributed by atoms with van der Waals surface area (Å²) in [6, 6.07) is 12.0. The Morgan fingerprint density at radius 3 is 2.72 bits per heavy atom. The van der Waals surface area contributed by atoms with E-state index in [-0.39, 0.29) is 22.5 Å². The zero-order valence-electron chi connectivity index (χ0n) is 13.1. The van der Waals surface area contributed by atoms with Gasteiger partial charge in [0.15, 0.2) is 0 Å². The number of nitriles is 1. The maximum atomic E-state index is 14.8. The molecule has 0 spiro atoms. The summed E-state index contributed by atoms with van der Waals surface area (Å²) in [4.78, 5) is 13.3. The van der Waals surface area contributed by atoms with Gasteiger partial charge in [-0.1, -0.05) is 6.07 Å². The highest BCUT2D eigenvalue weighted by Gasteiger charge is 2.18. The van der Waals surface area contributed by atoms with Crippen molar-refractivity contribution in [1.82, 2.24) is 0 Å². The number of nitrogens with one attached hydrogen (secondary N) is 2. The van der Waals surface area contributed by atoms with Crippen LogP contribution in [0, 0.1) is 11.3 Å². The molecule has 2 aliphatic rings. The molecule has 0 radical (unpaired) electrons. The molecule has 0 aliphatic carbocycles. The predicted octanol–water partition coefficient (Wildman–Crippen LogP) is 5.03. The number of hydrogen-bond donors (Lipinski definition) is 2. The van der Waals surface area contributed by atoms with Crippen molar-refractivity contribution in [2.24, 2.45) is 0 Å². The molecule has 6 heteroatoms. The Morgan fingerprint density at radius 2 is 1.92 bits per heavy atom. The summed E-state index contributed by atoms with van der Waals surface area (Å²) in [7, 11) is -0.313. The molecule has 2 aromatic rings. The maximum absolute atomic E-state index is 14.8. The SMILES string of the molecule is N#Cc1ccc2cc1C(F)C/C=S1/C=Cc3ccc(cc31)NC(=O)N2. The number of fused-ring (bicyclic) bond motifs is 3. The summed E-state index contributed by atoms with van der Waals surface area (Å²) in [5, 5.41) is 18.7. The van der Waals surface area contributed by atoms with E-state index >= 15 is 0 Å². The topological polar surface area (TPSA) is 64.9 Å². The molecule has 0 saturated heterocycles. The number of carbonyl (C=O) groups excluding carboxylic acids is 1. The van der Waals surface area contributed by atoms with Crippen LogP contribution in [0.4, 0.5) is 20.6 Å². The summed E-state index contributed by atoms with van der Waals surface area (Å²) < 4.78 is 14.8. The first-order chi connectivity index (χ1) is 12.1. The van der Waals surface area contributed by atoms with E-state index in [0.717, 1.165) is 10.5 Å². The molecule has 2 aromatic carbocycles. The monoisotopic (exact) mass is 351 g/mol. The highest BCUT2D eigenvalue weighted by Crippen LogP contribution is 2.41. The van der Waals surface area contributed by atoms with Crippen LogP contribution in [0.2, 0.25) is 0 Å². The molecule has 2 heterocycles. The first kappa shape index (κ1) is 15.6. The standard InChI is InChI=1S/C19H14FN3OS/c20-17-6-8-25-7-5-12-1-3-15(10-18(12)25)23-19(24)22-14-4-2-13(11-21)16(17)9-14/h1-5,7-10,17H,6H2,(H2,22,23,24). The quantitative estimate of drug-likeness (QED) is 0.654. The number of hydrogen-bond acceptors (Lipinski definition) is 2. The molecule has 124 valence electrons. The van der Waals surface area contributed by atoms with Gasteiger partial charge in [0.05, 0.1) is 11.6 Å². The third-order valence-corrected chi connectivity index (χ3v) is 6.01. The number of alkyl halides is 1. The van der Waals surface area contributed by atoms with Crippen molar-refractivity contribution >= 4 is 39.3 Å². The smallest absolute Gasteiger partial charge is 0.308 e. The van der Waals surface area contributed by atoms with Gasteiger partial charge in [-0.2, -0.15) is 5.26 Å². The van der Waals surface area contributed by atoms with Gasteiger partial charge in [-0.15, -0.1) is 10.5 Å². The van der Waals surface area contributed by atoms with Gasteiger partial charge in [0, 0.05) is 28.3 Å². The number of benzene rings is 2. The Kier molecular flexibility index (Phi) is 3.86. The predicted molar refractivity (Wildman–Crippen MR) is 99.7 cm³/mol. The Bertz CT molecular complexity index is 991. The lowest BCUT2D eigenvalue weighted by molar-refractivity contribution is 0.262. The fourth-order valence-electron chi connectivity index (χ4n) is 2.93. The lowest BCUT2D eigenvalue weighted by Gasteiger charge is -2.12. The first-order valence-electron chi connectivity index (χ1n) is 7.77. The Morgan fingerprint density at radius 1 is 1.16 bits per heavy atom. The summed E-state index contributed by atoms with van der Waals surface area (Å²) in [5.41, 5.74) is 2.81. The van der Waals surface area contributed by atoms with Gasteiger partial charge in [-0.3, -0.25) is 0 Å². The van der Waals surface area contributed by atoms with Gasteiger partial charge >= 0.3 is 6.03 Å². The minimum Gasteiger partial charge on any atom is -0.308 e. The number of urea groups is 1. The normalized spacial score (nSPS) is 21.5. The average molecular weight is 351 g/mol. The second-order valence-corrected chi connectivity index (χ2v) is 7.58. The van der Waals surface area contributed by atoms with Crippen LogP contribution >= 0.6 is 10.5 Å². The van der Waals surface area contributed by atoms with Crippen molar-refractivity contribution in [2.75, 3.05) is 10.6 Å². The summed E-state index contributed by atoms with van der Waals surface area (Å²) >= 11 is 0. The number of nitrogens with zero attached hydrogens (tertiary/aromatic N) is 1. The molecule has 2 atom stereocenters. The van der Waals surface area contributed by atoms with E-state index < -0.39 is 12.2 Å². The van der Waals surface area contributed by atoms with Gasteiger partial charge in [0.25, 0.3) is 0 Å². The van der Waals surface area contributed by atoms with Gasteiger partial charge in [0.2, 0.25) is 0 Å². The Balaban J connectivity index is 1.82. The van der Waals surface area contributed by atoms with E-state index in [1.165, 1.54) is 12.1 Å². The lowest BCUT2D eigenvalue weighted by Crippen LogP contribution is -2.19. The van der Waals surface area contributed by atoms with E-state index in [4.69, 9.17) is 0 Å². The van der Waals surface area contributed by atoms with E-state index in [1.54, 1.807) is 6.07 Å². The second kappa shape index (κ2) is 6.19. The number of rotatable bonds is 0. The van der Waals surface area contributed by atoms with Gasteiger partial charge in [-0.25, -0.2) is 9.18 Å². The number of anilines is 2. The number of carbonyl (C=O) groups is 1. The van der Waals surface area contributed by atoms with E-state index in [0.29, 0.717) is 16.9 Å². The van der Waals surface area contributed by atoms with Crippen molar-refractivity contribution in [2.45, 2.75) is 17.5 Å². The van der Waals surface area contributed by atoms with E-state index in [2.05, 4.69) is 10.6 Å². The van der Waals surface area contributed by atoms with Crippen LogP contribution in [-0.2, 0) is 0 Å². The van der Waals surface area contributed by atoms with Crippen molar-refractivity contribution in [3.63, 3.8) is 0 Å². The van der Waals surface area contributed by atoms with Gasteiger partial charge in [0.1, 0.15) is 6.17 Å². The summed E-state index contributed by atoms with van der Waals surface area (Å²) in [6.45, 7) is 0. The highest BCUT2D eigenvalue weighted by atomic mass is 32.2. The average Bonchev–Trinajstić information content (AvgIpc) is 3.01. The number of amides is 2. The first-order valence-corrected chi connectivity index (χ1v) is 9.13. The van der Waals surface area contributed by atoms with Gasteiger partial charge in [-0.05, 0) is 52.7 Å². The van der Waals surface area contributed by atoms with Crippen LogP contribution in [-0.4, -0.2) is 11.4 Å². The van der Waals surface area contributed by atoms with Crippen molar-refractivity contribution in [3.8, 4) is 6.07 Å². The van der Waals surface area contributed by atoms with E-state index in [9.17, 15) is 14.4 Å². The third kappa shape index (κ3) is 2.94. The molecule has 2 aliphatic heterocycles. The molecule has 2 unspecified atom stereocenters. The molecule has 2 N–H and O–H groups in total.